The second-order valence-corrected chi connectivity index (χ2v) is 3.74. The van der Waals surface area contributed by atoms with Crippen molar-refractivity contribution in [2.24, 2.45) is 0 Å². The topological polar surface area (TPSA) is 99.8 Å². The van der Waals surface area contributed by atoms with Gasteiger partial charge in [-0.2, -0.15) is 0 Å². The van der Waals surface area contributed by atoms with Gasteiger partial charge in [0.1, 0.15) is 12.3 Å². The van der Waals surface area contributed by atoms with Crippen LogP contribution in [0.5, 0.6) is 0 Å². The lowest BCUT2D eigenvalue weighted by atomic mass is 10.3. The zero-order chi connectivity index (χ0) is 12.4. The van der Waals surface area contributed by atoms with Gasteiger partial charge in [-0.3, -0.25) is 9.69 Å². The maximum absolute atomic E-state index is 11.5. The first-order valence-electron chi connectivity index (χ1n) is 5.41. The Bertz CT molecular complexity index is 359. The number of ether oxygens (including phenoxy) is 1. The number of rotatable bonds is 4. The third-order valence-corrected chi connectivity index (χ3v) is 2.62. The quantitative estimate of drug-likeness (QED) is 0.546. The normalized spacial score (nSPS) is 26.1. The second-order valence-electron chi connectivity index (χ2n) is 3.74. The van der Waals surface area contributed by atoms with Crippen LogP contribution in [0.1, 0.15) is 13.3 Å². The van der Waals surface area contributed by atoms with Crippen molar-refractivity contribution in [3.05, 3.63) is 0 Å². The van der Waals surface area contributed by atoms with Crippen LogP contribution < -0.4 is 16.0 Å². The van der Waals surface area contributed by atoms with Gasteiger partial charge in [0.25, 0.3) is 0 Å². The van der Waals surface area contributed by atoms with Gasteiger partial charge in [0, 0.05) is 6.54 Å². The number of urea groups is 2. The summed E-state index contributed by atoms with van der Waals surface area (Å²) in [6.45, 7) is 2.25. The van der Waals surface area contributed by atoms with Crippen LogP contribution in [0.3, 0.4) is 0 Å². The van der Waals surface area contributed by atoms with Gasteiger partial charge >= 0.3 is 18.0 Å². The predicted molar refractivity (Wildman–Crippen MR) is 55.7 cm³/mol. The van der Waals surface area contributed by atoms with Crippen molar-refractivity contribution in [2.75, 3.05) is 13.2 Å². The summed E-state index contributed by atoms with van der Waals surface area (Å²) in [5.41, 5.74) is 0. The monoisotopic (exact) mass is 242 g/mol. The summed E-state index contributed by atoms with van der Waals surface area (Å²) in [5.74, 6) is -0.360. The van der Waals surface area contributed by atoms with Gasteiger partial charge in [-0.15, -0.1) is 0 Å². The molecule has 2 aliphatic heterocycles. The summed E-state index contributed by atoms with van der Waals surface area (Å²) in [6, 6.07) is -0.641. The molecule has 2 saturated heterocycles. The summed E-state index contributed by atoms with van der Waals surface area (Å²) >= 11 is 0. The van der Waals surface area contributed by atoms with E-state index in [4.69, 9.17) is 4.74 Å². The molecule has 0 aromatic carbocycles. The minimum absolute atomic E-state index is 0.111. The van der Waals surface area contributed by atoms with Crippen molar-refractivity contribution in [1.29, 1.82) is 0 Å². The smallest absolute Gasteiger partial charge is 0.320 e. The van der Waals surface area contributed by atoms with E-state index in [0.717, 1.165) is 0 Å². The molecule has 2 heterocycles. The van der Waals surface area contributed by atoms with Crippen LogP contribution in [0.15, 0.2) is 0 Å². The lowest BCUT2D eigenvalue weighted by Gasteiger charge is -2.20. The van der Waals surface area contributed by atoms with Crippen LogP contribution in [-0.4, -0.2) is 48.4 Å². The Balaban J connectivity index is 1.89. The SMILES string of the molecule is CCOC(=O)CCN1C(=O)N[C@@H]2NC(=O)N[C@H]21. The summed E-state index contributed by atoms with van der Waals surface area (Å²) in [5, 5.41) is 7.73. The van der Waals surface area contributed by atoms with Gasteiger partial charge in [-0.25, -0.2) is 9.59 Å². The Morgan fingerprint density at radius 3 is 2.82 bits per heavy atom. The maximum atomic E-state index is 11.5. The molecule has 2 aliphatic rings. The summed E-state index contributed by atoms with van der Waals surface area (Å²) in [4.78, 5) is 35.2. The van der Waals surface area contributed by atoms with E-state index in [1.165, 1.54) is 4.90 Å². The molecule has 0 radical (unpaired) electrons. The van der Waals surface area contributed by atoms with Crippen LogP contribution in [0.4, 0.5) is 9.59 Å². The number of carbonyl (C=O) groups excluding carboxylic acids is 3. The first-order chi connectivity index (χ1) is 8.11. The van der Waals surface area contributed by atoms with Gasteiger partial charge in [-0.05, 0) is 6.92 Å². The molecule has 2 atom stereocenters. The molecule has 8 heteroatoms. The molecule has 17 heavy (non-hydrogen) atoms. The first-order valence-corrected chi connectivity index (χ1v) is 5.41. The van der Waals surface area contributed by atoms with Crippen LogP contribution >= 0.6 is 0 Å². The Labute approximate surface area is 97.7 Å². The number of hydrogen-bond donors (Lipinski definition) is 3. The average molecular weight is 242 g/mol. The number of esters is 1. The fourth-order valence-corrected chi connectivity index (χ4v) is 1.88. The van der Waals surface area contributed by atoms with Crippen molar-refractivity contribution in [1.82, 2.24) is 20.9 Å². The Morgan fingerprint density at radius 1 is 1.35 bits per heavy atom. The minimum atomic E-state index is -0.440. The lowest BCUT2D eigenvalue weighted by Crippen LogP contribution is -2.44. The van der Waals surface area contributed by atoms with Crippen molar-refractivity contribution in [2.45, 2.75) is 25.7 Å². The molecule has 0 aromatic rings. The molecule has 0 bridgehead atoms. The van der Waals surface area contributed by atoms with Crippen LogP contribution in [0.2, 0.25) is 0 Å². The number of fused-ring (bicyclic) bond motifs is 1. The van der Waals surface area contributed by atoms with E-state index in [1.807, 2.05) is 0 Å². The van der Waals surface area contributed by atoms with E-state index in [2.05, 4.69) is 16.0 Å². The number of amides is 4. The zero-order valence-electron chi connectivity index (χ0n) is 9.36. The number of hydrogen-bond acceptors (Lipinski definition) is 4. The summed E-state index contributed by atoms with van der Waals surface area (Å²) < 4.78 is 4.77. The maximum Gasteiger partial charge on any atom is 0.320 e. The molecule has 4 amide bonds. The standard InChI is InChI=1S/C9H14N4O4/c1-2-17-5(14)3-4-13-7-6(11-9(13)16)10-8(15)12-7/h6-7H,2-4H2,1H3,(H,11,16)(H2,10,12,15)/t6-,7-/m0/s1. The number of carbonyl (C=O) groups is 3. The van der Waals surface area contributed by atoms with Gasteiger partial charge in [0.2, 0.25) is 0 Å². The van der Waals surface area contributed by atoms with E-state index < -0.39 is 12.3 Å². The zero-order valence-corrected chi connectivity index (χ0v) is 9.36. The van der Waals surface area contributed by atoms with Crippen molar-refractivity contribution in [3.63, 3.8) is 0 Å². The highest BCUT2D eigenvalue weighted by Crippen LogP contribution is 2.14. The molecule has 2 rings (SSSR count). The fraction of sp³-hybridized carbons (Fsp3) is 0.667. The third-order valence-electron chi connectivity index (χ3n) is 2.62. The molecule has 8 nitrogen and oxygen atoms in total. The summed E-state index contributed by atoms with van der Waals surface area (Å²) in [7, 11) is 0. The molecule has 3 N–H and O–H groups in total. The van der Waals surface area contributed by atoms with E-state index in [0.29, 0.717) is 6.61 Å². The minimum Gasteiger partial charge on any atom is -0.466 e. The summed E-state index contributed by atoms with van der Waals surface area (Å²) in [6.07, 6.45) is -0.762. The van der Waals surface area contributed by atoms with E-state index >= 15 is 0 Å². The van der Waals surface area contributed by atoms with Crippen LogP contribution in [0, 0.1) is 0 Å². The molecule has 0 saturated carbocycles. The van der Waals surface area contributed by atoms with Crippen molar-refractivity contribution < 1.29 is 19.1 Å². The highest BCUT2D eigenvalue weighted by Gasteiger charge is 2.45. The molecule has 94 valence electrons. The highest BCUT2D eigenvalue weighted by atomic mass is 16.5. The highest BCUT2D eigenvalue weighted by molar-refractivity contribution is 5.85. The van der Waals surface area contributed by atoms with Crippen molar-refractivity contribution >= 4 is 18.0 Å². The molecule has 0 unspecified atom stereocenters. The van der Waals surface area contributed by atoms with Gasteiger partial charge < -0.3 is 20.7 Å². The molecular formula is C9H14N4O4. The molecule has 2 fully saturated rings. The van der Waals surface area contributed by atoms with Crippen molar-refractivity contribution in [3.8, 4) is 0 Å². The van der Waals surface area contributed by atoms with Gasteiger partial charge in [0.05, 0.1) is 13.0 Å². The second kappa shape index (κ2) is 4.48. The Hall–Kier alpha value is -1.99. The van der Waals surface area contributed by atoms with E-state index in [9.17, 15) is 14.4 Å². The lowest BCUT2D eigenvalue weighted by molar-refractivity contribution is -0.143. The molecule has 0 aliphatic carbocycles. The largest absolute Gasteiger partial charge is 0.466 e. The molecule has 0 spiro atoms. The molecular weight excluding hydrogens is 228 g/mol. The average Bonchev–Trinajstić information content (AvgIpc) is 2.71. The van der Waals surface area contributed by atoms with Gasteiger partial charge in [-0.1, -0.05) is 0 Å². The first kappa shape index (κ1) is 11.5. The van der Waals surface area contributed by atoms with E-state index in [1.54, 1.807) is 6.92 Å². The fourth-order valence-electron chi connectivity index (χ4n) is 1.88. The Morgan fingerprint density at radius 2 is 2.12 bits per heavy atom. The predicted octanol–water partition coefficient (Wildman–Crippen LogP) is -1.07. The number of nitrogens with zero attached hydrogens (tertiary/aromatic N) is 1. The van der Waals surface area contributed by atoms with E-state index in [-0.39, 0.29) is 31.0 Å². The third kappa shape index (κ3) is 2.24. The number of nitrogens with one attached hydrogen (secondary N) is 3. The Kier molecular flexibility index (Phi) is 3.03. The van der Waals surface area contributed by atoms with Crippen LogP contribution in [0.25, 0.3) is 0 Å². The molecule has 0 aromatic heterocycles. The van der Waals surface area contributed by atoms with Gasteiger partial charge in [0.15, 0.2) is 0 Å². The van der Waals surface area contributed by atoms with Crippen LogP contribution in [-0.2, 0) is 9.53 Å².